The van der Waals surface area contributed by atoms with E-state index in [0.717, 1.165) is 24.7 Å². The number of thioether (sulfide) groups is 1. The Bertz CT molecular complexity index is 519. The molecule has 0 saturated carbocycles. The van der Waals surface area contributed by atoms with E-state index in [4.69, 9.17) is 0 Å². The van der Waals surface area contributed by atoms with Crippen molar-refractivity contribution in [2.24, 2.45) is 13.0 Å². The van der Waals surface area contributed by atoms with Crippen molar-refractivity contribution in [3.8, 4) is 0 Å². The molecule has 4 nitrogen and oxygen atoms in total. The van der Waals surface area contributed by atoms with Gasteiger partial charge < -0.3 is 9.88 Å². The summed E-state index contributed by atoms with van der Waals surface area (Å²) in [5, 5.41) is 11.4. The van der Waals surface area contributed by atoms with Crippen LogP contribution in [0.5, 0.6) is 0 Å². The molecule has 0 saturated heterocycles. The number of benzene rings is 1. The van der Waals surface area contributed by atoms with Crippen LogP contribution < -0.4 is 5.32 Å². The van der Waals surface area contributed by atoms with Crippen molar-refractivity contribution in [2.45, 2.75) is 31.0 Å². The average molecular weight is 290 g/mol. The lowest BCUT2D eigenvalue weighted by Crippen LogP contribution is -2.18. The number of aromatic nitrogens is 3. The van der Waals surface area contributed by atoms with E-state index in [1.54, 1.807) is 18.1 Å². The lowest BCUT2D eigenvalue weighted by Gasteiger charge is -2.08. The maximum absolute atomic E-state index is 4.09. The molecule has 0 unspecified atom stereocenters. The Morgan fingerprint density at radius 2 is 2.00 bits per heavy atom. The smallest absolute Gasteiger partial charge is 0.142 e. The number of hydrogen-bond acceptors (Lipinski definition) is 4. The van der Waals surface area contributed by atoms with Gasteiger partial charge in [0.25, 0.3) is 0 Å². The Balaban J connectivity index is 1.81. The molecule has 0 fully saturated rings. The van der Waals surface area contributed by atoms with E-state index in [2.05, 4.69) is 53.6 Å². The fourth-order valence-corrected chi connectivity index (χ4v) is 2.68. The molecule has 1 N–H and O–H groups in total. The van der Waals surface area contributed by atoms with Gasteiger partial charge >= 0.3 is 0 Å². The third kappa shape index (κ3) is 4.65. The van der Waals surface area contributed by atoms with Gasteiger partial charge in [-0.05, 0) is 30.2 Å². The van der Waals surface area contributed by atoms with Gasteiger partial charge in [0, 0.05) is 18.5 Å². The Hall–Kier alpha value is -1.33. The van der Waals surface area contributed by atoms with Crippen molar-refractivity contribution in [1.82, 2.24) is 20.1 Å². The zero-order chi connectivity index (χ0) is 14.4. The van der Waals surface area contributed by atoms with Crippen LogP contribution in [0.25, 0.3) is 0 Å². The van der Waals surface area contributed by atoms with Crippen molar-refractivity contribution in [2.75, 3.05) is 6.54 Å². The Kier molecular flexibility index (Phi) is 5.61. The molecule has 1 heterocycles. The third-order valence-corrected chi connectivity index (χ3v) is 3.99. The minimum Gasteiger partial charge on any atom is -0.320 e. The second kappa shape index (κ2) is 7.45. The van der Waals surface area contributed by atoms with Crippen LogP contribution in [0.15, 0.2) is 35.5 Å². The summed E-state index contributed by atoms with van der Waals surface area (Å²) >= 11 is 1.79. The summed E-state index contributed by atoms with van der Waals surface area (Å²) in [6.07, 6.45) is 1.74. The van der Waals surface area contributed by atoms with Gasteiger partial charge in [-0.1, -0.05) is 26.0 Å². The normalized spacial score (nSPS) is 11.2. The number of rotatable bonds is 7. The first-order valence-corrected chi connectivity index (χ1v) is 7.89. The molecule has 0 amide bonds. The molecule has 2 rings (SSSR count). The van der Waals surface area contributed by atoms with Gasteiger partial charge in [-0.25, -0.2) is 0 Å². The second-order valence-corrected chi connectivity index (χ2v) is 6.36. The number of hydrogen-bond donors (Lipinski definition) is 1. The Morgan fingerprint density at radius 1 is 1.25 bits per heavy atom. The standard InChI is InChI=1S/C15H22N4S/c1-12(2)8-16-9-13-4-6-14(7-5-13)20-10-15-18-17-11-19(15)3/h4-7,11-12,16H,8-10H2,1-3H3. The highest BCUT2D eigenvalue weighted by Gasteiger charge is 2.02. The zero-order valence-corrected chi connectivity index (χ0v) is 13.2. The van der Waals surface area contributed by atoms with Gasteiger partial charge in [0.15, 0.2) is 0 Å². The van der Waals surface area contributed by atoms with Crippen LogP contribution in [0.3, 0.4) is 0 Å². The maximum Gasteiger partial charge on any atom is 0.142 e. The molecular formula is C15H22N4S. The van der Waals surface area contributed by atoms with E-state index < -0.39 is 0 Å². The molecule has 0 bridgehead atoms. The van der Waals surface area contributed by atoms with E-state index in [1.165, 1.54) is 10.5 Å². The van der Waals surface area contributed by atoms with Crippen molar-refractivity contribution >= 4 is 11.8 Å². The molecule has 20 heavy (non-hydrogen) atoms. The van der Waals surface area contributed by atoms with Gasteiger partial charge in [-0.2, -0.15) is 0 Å². The predicted molar refractivity (Wildman–Crippen MR) is 83.6 cm³/mol. The zero-order valence-electron chi connectivity index (χ0n) is 12.3. The molecule has 0 aliphatic carbocycles. The summed E-state index contributed by atoms with van der Waals surface area (Å²) < 4.78 is 1.96. The van der Waals surface area contributed by atoms with E-state index >= 15 is 0 Å². The second-order valence-electron chi connectivity index (χ2n) is 5.32. The molecule has 1 aromatic heterocycles. The molecule has 0 radical (unpaired) electrons. The number of aryl methyl sites for hydroxylation is 1. The molecule has 2 aromatic rings. The summed E-state index contributed by atoms with van der Waals surface area (Å²) in [7, 11) is 1.97. The van der Waals surface area contributed by atoms with Crippen molar-refractivity contribution in [1.29, 1.82) is 0 Å². The largest absolute Gasteiger partial charge is 0.320 e. The fraction of sp³-hybridized carbons (Fsp3) is 0.467. The first kappa shape index (κ1) is 15.1. The molecule has 0 aliphatic rings. The SMILES string of the molecule is CC(C)CNCc1ccc(SCc2nncn2C)cc1. The first-order valence-electron chi connectivity index (χ1n) is 6.90. The third-order valence-electron chi connectivity index (χ3n) is 2.98. The van der Waals surface area contributed by atoms with Crippen molar-refractivity contribution < 1.29 is 0 Å². The van der Waals surface area contributed by atoms with Crippen LogP contribution in [0.2, 0.25) is 0 Å². The maximum atomic E-state index is 4.09. The van der Waals surface area contributed by atoms with Crippen molar-refractivity contribution in [3.05, 3.63) is 42.0 Å². The van der Waals surface area contributed by atoms with Crippen LogP contribution >= 0.6 is 11.8 Å². The van der Waals surface area contributed by atoms with E-state index in [-0.39, 0.29) is 0 Å². The van der Waals surface area contributed by atoms with Crippen LogP contribution in [0.4, 0.5) is 0 Å². The quantitative estimate of drug-likeness (QED) is 0.796. The Morgan fingerprint density at radius 3 is 2.60 bits per heavy atom. The molecule has 1 aromatic carbocycles. The van der Waals surface area contributed by atoms with Gasteiger partial charge in [-0.3, -0.25) is 0 Å². The summed E-state index contributed by atoms with van der Waals surface area (Å²) in [6, 6.07) is 8.72. The van der Waals surface area contributed by atoms with E-state index in [9.17, 15) is 0 Å². The van der Waals surface area contributed by atoms with E-state index in [0.29, 0.717) is 5.92 Å². The number of nitrogens with one attached hydrogen (secondary N) is 1. The molecule has 0 aliphatic heterocycles. The first-order chi connectivity index (χ1) is 9.65. The molecule has 5 heteroatoms. The summed E-state index contributed by atoms with van der Waals surface area (Å²) in [6.45, 7) is 6.44. The number of nitrogens with zero attached hydrogens (tertiary/aromatic N) is 3. The molecule has 0 spiro atoms. The van der Waals surface area contributed by atoms with Crippen LogP contribution in [0.1, 0.15) is 25.2 Å². The molecular weight excluding hydrogens is 268 g/mol. The fourth-order valence-electron chi connectivity index (χ4n) is 1.79. The predicted octanol–water partition coefficient (Wildman–Crippen LogP) is 2.85. The van der Waals surface area contributed by atoms with Crippen molar-refractivity contribution in [3.63, 3.8) is 0 Å². The summed E-state index contributed by atoms with van der Waals surface area (Å²) in [5.74, 6) is 2.54. The highest BCUT2D eigenvalue weighted by Crippen LogP contribution is 2.21. The van der Waals surface area contributed by atoms with Crippen LogP contribution in [-0.4, -0.2) is 21.3 Å². The summed E-state index contributed by atoms with van der Waals surface area (Å²) in [4.78, 5) is 1.26. The Labute approximate surface area is 125 Å². The van der Waals surface area contributed by atoms with Crippen LogP contribution in [-0.2, 0) is 19.3 Å². The van der Waals surface area contributed by atoms with Gasteiger partial charge in [0.05, 0.1) is 5.75 Å². The average Bonchev–Trinajstić information content (AvgIpc) is 2.83. The lowest BCUT2D eigenvalue weighted by atomic mass is 10.2. The minimum absolute atomic E-state index is 0.691. The highest BCUT2D eigenvalue weighted by atomic mass is 32.2. The molecule has 0 atom stereocenters. The summed E-state index contributed by atoms with van der Waals surface area (Å²) in [5.41, 5.74) is 1.33. The highest BCUT2D eigenvalue weighted by molar-refractivity contribution is 7.98. The van der Waals surface area contributed by atoms with Gasteiger partial charge in [0.1, 0.15) is 12.2 Å². The minimum atomic E-state index is 0.691. The monoisotopic (exact) mass is 290 g/mol. The lowest BCUT2D eigenvalue weighted by molar-refractivity contribution is 0.552. The van der Waals surface area contributed by atoms with E-state index in [1.807, 2.05) is 11.6 Å². The molecule has 108 valence electrons. The van der Waals surface area contributed by atoms with Crippen LogP contribution in [0, 0.1) is 5.92 Å². The van der Waals surface area contributed by atoms with Gasteiger partial charge in [-0.15, -0.1) is 22.0 Å². The van der Waals surface area contributed by atoms with Gasteiger partial charge in [0.2, 0.25) is 0 Å². The topological polar surface area (TPSA) is 42.7 Å².